The molecule has 0 aromatic heterocycles. The van der Waals surface area contributed by atoms with Crippen molar-refractivity contribution in [3.8, 4) is 6.07 Å². The Hall–Kier alpha value is -3.69. The lowest BCUT2D eigenvalue weighted by Gasteiger charge is -2.08. The van der Waals surface area contributed by atoms with E-state index in [0.29, 0.717) is 5.69 Å². The van der Waals surface area contributed by atoms with Crippen molar-refractivity contribution in [2.75, 3.05) is 5.32 Å². The highest BCUT2D eigenvalue weighted by Crippen LogP contribution is 2.26. The number of non-ortho nitro benzene ring substituents is 1. The summed E-state index contributed by atoms with van der Waals surface area (Å²) in [6, 6.07) is 18.6. The summed E-state index contributed by atoms with van der Waals surface area (Å²) >= 11 is 6.04. The van der Waals surface area contributed by atoms with Crippen molar-refractivity contribution >= 4 is 45.7 Å². The summed E-state index contributed by atoms with van der Waals surface area (Å²) < 4.78 is 0. The average Bonchev–Trinajstić information content (AvgIpc) is 2.67. The van der Waals surface area contributed by atoms with Gasteiger partial charge < -0.3 is 5.32 Å². The Bertz CT molecular complexity index is 1130. The first kappa shape index (κ1) is 18.1. The molecule has 0 radical (unpaired) electrons. The number of nitro benzene ring substituents is 1. The molecule has 0 aliphatic carbocycles. The molecule has 0 aliphatic rings. The molecular weight excluding hydrogens is 366 g/mol. The fraction of sp³-hybridized carbons (Fsp3) is 0. The molecule has 1 amide bonds. The highest BCUT2D eigenvalue weighted by molar-refractivity contribution is 6.32. The van der Waals surface area contributed by atoms with E-state index in [1.54, 1.807) is 12.1 Å². The molecule has 1 N–H and O–H groups in total. The second-order valence-corrected chi connectivity index (χ2v) is 6.02. The van der Waals surface area contributed by atoms with Crippen molar-refractivity contribution in [1.29, 1.82) is 5.26 Å². The second kappa shape index (κ2) is 7.68. The number of fused-ring (bicyclic) bond motifs is 1. The lowest BCUT2D eigenvalue weighted by Crippen LogP contribution is -2.13. The smallest absolute Gasteiger partial charge is 0.270 e. The van der Waals surface area contributed by atoms with Crippen LogP contribution in [-0.4, -0.2) is 10.8 Å². The number of rotatable bonds is 4. The van der Waals surface area contributed by atoms with Gasteiger partial charge in [0.05, 0.1) is 4.92 Å². The first-order chi connectivity index (χ1) is 13.0. The van der Waals surface area contributed by atoms with Crippen LogP contribution in [-0.2, 0) is 4.79 Å². The Balaban J connectivity index is 1.95. The second-order valence-electron chi connectivity index (χ2n) is 5.61. The summed E-state index contributed by atoms with van der Waals surface area (Å²) in [6.07, 6.45) is 1.23. The van der Waals surface area contributed by atoms with E-state index < -0.39 is 10.8 Å². The monoisotopic (exact) mass is 377 g/mol. The largest absolute Gasteiger partial charge is 0.321 e. The summed E-state index contributed by atoms with van der Waals surface area (Å²) in [5, 5.41) is 25.0. The first-order valence-corrected chi connectivity index (χ1v) is 8.22. The molecule has 7 heteroatoms. The van der Waals surface area contributed by atoms with Gasteiger partial charge in [-0.2, -0.15) is 5.26 Å². The molecule has 132 valence electrons. The van der Waals surface area contributed by atoms with Crippen molar-refractivity contribution < 1.29 is 9.72 Å². The number of halogens is 1. The molecular formula is C20H12ClN3O3. The van der Waals surface area contributed by atoms with Gasteiger partial charge in [-0.3, -0.25) is 14.9 Å². The molecule has 0 saturated heterocycles. The van der Waals surface area contributed by atoms with Crippen LogP contribution in [0.2, 0.25) is 5.02 Å². The van der Waals surface area contributed by atoms with Gasteiger partial charge in [0.25, 0.3) is 11.6 Å². The van der Waals surface area contributed by atoms with Gasteiger partial charge >= 0.3 is 0 Å². The number of amides is 1. The molecule has 6 nitrogen and oxygen atoms in total. The Morgan fingerprint density at radius 1 is 1.15 bits per heavy atom. The number of nitrogens with zero attached hydrogens (tertiary/aromatic N) is 2. The van der Waals surface area contributed by atoms with Crippen molar-refractivity contribution in [2.24, 2.45) is 0 Å². The summed E-state index contributed by atoms with van der Waals surface area (Å²) in [5.74, 6) is -0.628. The number of nitriles is 1. The lowest BCUT2D eigenvalue weighted by molar-refractivity contribution is -0.384. The minimum atomic E-state index is -0.628. The van der Waals surface area contributed by atoms with Gasteiger partial charge in [0.2, 0.25) is 0 Å². The van der Waals surface area contributed by atoms with Crippen LogP contribution in [0.25, 0.3) is 16.8 Å². The molecule has 0 heterocycles. The number of nitrogens with one attached hydrogen (secondary N) is 1. The lowest BCUT2D eigenvalue weighted by atomic mass is 10.1. The zero-order chi connectivity index (χ0) is 19.4. The van der Waals surface area contributed by atoms with Crippen LogP contribution in [0.15, 0.2) is 66.2 Å². The number of carbonyl (C=O) groups is 1. The molecule has 3 aromatic rings. The van der Waals surface area contributed by atoms with E-state index in [1.807, 2.05) is 36.4 Å². The SMILES string of the molecule is N#C/C(=C\c1cc([N+](=O)[O-])ccc1Cl)C(=O)Nc1cccc2ccccc12. The molecule has 0 unspecified atom stereocenters. The van der Waals surface area contributed by atoms with Gasteiger partial charge in [-0.1, -0.05) is 48.0 Å². The summed E-state index contributed by atoms with van der Waals surface area (Å²) in [4.78, 5) is 22.9. The fourth-order valence-electron chi connectivity index (χ4n) is 2.58. The number of carbonyl (C=O) groups excluding carboxylic acids is 1. The van der Waals surface area contributed by atoms with E-state index >= 15 is 0 Å². The highest BCUT2D eigenvalue weighted by Gasteiger charge is 2.14. The summed E-state index contributed by atoms with van der Waals surface area (Å²) in [5.41, 5.74) is 0.377. The average molecular weight is 378 g/mol. The van der Waals surface area contributed by atoms with Crippen LogP contribution in [0.1, 0.15) is 5.56 Å². The van der Waals surface area contributed by atoms with Gasteiger partial charge in [0.15, 0.2) is 0 Å². The molecule has 3 aromatic carbocycles. The zero-order valence-electron chi connectivity index (χ0n) is 13.8. The Kier molecular flexibility index (Phi) is 5.15. The Morgan fingerprint density at radius 3 is 2.63 bits per heavy atom. The highest BCUT2D eigenvalue weighted by atomic mass is 35.5. The number of hydrogen-bond acceptors (Lipinski definition) is 4. The van der Waals surface area contributed by atoms with Crippen molar-refractivity contribution in [1.82, 2.24) is 0 Å². The third-order valence-electron chi connectivity index (χ3n) is 3.89. The summed E-state index contributed by atoms with van der Waals surface area (Å²) in [6.45, 7) is 0. The molecule has 0 atom stereocenters. The quantitative estimate of drug-likeness (QED) is 0.301. The van der Waals surface area contributed by atoms with Crippen LogP contribution >= 0.6 is 11.6 Å². The molecule has 0 bridgehead atoms. The van der Waals surface area contributed by atoms with Gasteiger partial charge in [-0.15, -0.1) is 0 Å². The van der Waals surface area contributed by atoms with E-state index in [2.05, 4.69) is 5.32 Å². The van der Waals surface area contributed by atoms with E-state index in [-0.39, 0.29) is 21.8 Å². The predicted octanol–water partition coefficient (Wildman–Crippen LogP) is 4.95. The number of anilines is 1. The maximum Gasteiger partial charge on any atom is 0.270 e. The molecule has 0 fully saturated rings. The zero-order valence-corrected chi connectivity index (χ0v) is 14.6. The maximum atomic E-state index is 12.5. The molecule has 3 rings (SSSR count). The first-order valence-electron chi connectivity index (χ1n) is 7.84. The van der Waals surface area contributed by atoms with Crippen LogP contribution < -0.4 is 5.32 Å². The van der Waals surface area contributed by atoms with Crippen molar-refractivity contribution in [3.63, 3.8) is 0 Å². The Morgan fingerprint density at radius 2 is 1.89 bits per heavy atom. The van der Waals surface area contributed by atoms with Gasteiger partial charge in [0.1, 0.15) is 11.6 Å². The molecule has 27 heavy (non-hydrogen) atoms. The maximum absolute atomic E-state index is 12.5. The molecule has 0 spiro atoms. The van der Waals surface area contributed by atoms with Crippen LogP contribution in [0.3, 0.4) is 0 Å². The third-order valence-corrected chi connectivity index (χ3v) is 4.24. The van der Waals surface area contributed by atoms with E-state index in [4.69, 9.17) is 11.6 Å². The minimum Gasteiger partial charge on any atom is -0.321 e. The van der Waals surface area contributed by atoms with Crippen LogP contribution in [0, 0.1) is 21.4 Å². The van der Waals surface area contributed by atoms with E-state index in [9.17, 15) is 20.2 Å². The number of hydrogen-bond donors (Lipinski definition) is 1. The normalized spacial score (nSPS) is 11.0. The van der Waals surface area contributed by atoms with Gasteiger partial charge in [0, 0.05) is 33.8 Å². The van der Waals surface area contributed by atoms with E-state index in [1.165, 1.54) is 24.3 Å². The van der Waals surface area contributed by atoms with E-state index in [0.717, 1.165) is 10.8 Å². The fourth-order valence-corrected chi connectivity index (χ4v) is 2.76. The molecule has 0 aliphatic heterocycles. The molecule has 0 saturated carbocycles. The third kappa shape index (κ3) is 3.94. The predicted molar refractivity (Wildman–Crippen MR) is 104 cm³/mol. The Labute approximate surface area is 159 Å². The van der Waals surface area contributed by atoms with Crippen molar-refractivity contribution in [3.05, 3.63) is 86.9 Å². The van der Waals surface area contributed by atoms with Gasteiger partial charge in [-0.25, -0.2) is 0 Å². The van der Waals surface area contributed by atoms with Gasteiger partial charge in [-0.05, 0) is 23.6 Å². The number of benzene rings is 3. The van der Waals surface area contributed by atoms with Crippen LogP contribution in [0.5, 0.6) is 0 Å². The van der Waals surface area contributed by atoms with Crippen LogP contribution in [0.4, 0.5) is 11.4 Å². The number of nitro groups is 1. The van der Waals surface area contributed by atoms with Crippen molar-refractivity contribution in [2.45, 2.75) is 0 Å². The minimum absolute atomic E-state index is 0.183. The topological polar surface area (TPSA) is 96.0 Å². The standard InChI is InChI=1S/C20H12ClN3O3/c21-18-9-8-16(24(26)27)11-14(18)10-15(12-22)20(25)23-19-7-3-5-13-4-1-2-6-17(13)19/h1-11H,(H,23,25)/b15-10+. The summed E-state index contributed by atoms with van der Waals surface area (Å²) in [7, 11) is 0.